The predicted molar refractivity (Wildman–Crippen MR) is 67.3 cm³/mol. The lowest BCUT2D eigenvalue weighted by Crippen LogP contribution is -2.49. The molecule has 1 aliphatic heterocycles. The van der Waals surface area contributed by atoms with Crippen LogP contribution in [0.4, 0.5) is 0 Å². The van der Waals surface area contributed by atoms with Crippen molar-refractivity contribution in [3.8, 4) is 5.75 Å². The first kappa shape index (κ1) is 14.0. The fraction of sp³-hybridized carbons (Fsp3) is 0.308. The van der Waals surface area contributed by atoms with Gasteiger partial charge in [-0.15, -0.1) is 0 Å². The van der Waals surface area contributed by atoms with Crippen molar-refractivity contribution in [2.24, 2.45) is 5.73 Å². The van der Waals surface area contributed by atoms with E-state index in [9.17, 15) is 24.6 Å². The number of aliphatic hydroxyl groups excluding tert-OH is 1. The molecule has 1 unspecified atom stereocenters. The zero-order chi connectivity index (χ0) is 14.9. The number of aliphatic hydroxyl groups is 1. The molecule has 20 heavy (non-hydrogen) atoms. The van der Waals surface area contributed by atoms with Crippen molar-refractivity contribution < 1.29 is 24.6 Å². The van der Waals surface area contributed by atoms with Crippen LogP contribution in [0.15, 0.2) is 24.3 Å². The minimum absolute atomic E-state index is 0.0415. The highest BCUT2D eigenvalue weighted by Crippen LogP contribution is 2.20. The Balaban J connectivity index is 2.24. The maximum atomic E-state index is 11.7. The van der Waals surface area contributed by atoms with Crippen molar-refractivity contribution in [3.05, 3.63) is 29.8 Å². The lowest BCUT2D eigenvalue weighted by molar-refractivity contribution is -0.147. The number of hydrogen-bond acceptors (Lipinski definition) is 5. The molecule has 0 saturated carbocycles. The maximum Gasteiger partial charge on any atom is 0.259 e. The SMILES string of the molecule is NC(=O)[C@H](Cc1ccc(O)cc1)N1C(=O)CC(O)C1=O. The van der Waals surface area contributed by atoms with Crippen LogP contribution in [-0.4, -0.2) is 45.0 Å². The summed E-state index contributed by atoms with van der Waals surface area (Å²) in [5.41, 5.74) is 5.88. The molecule has 1 saturated heterocycles. The number of amides is 3. The normalized spacial score (nSPS) is 20.2. The summed E-state index contributed by atoms with van der Waals surface area (Å²) in [5, 5.41) is 18.6. The molecular weight excluding hydrogens is 264 g/mol. The molecule has 1 aliphatic rings. The molecule has 2 rings (SSSR count). The number of nitrogens with two attached hydrogens (primary N) is 1. The van der Waals surface area contributed by atoms with Crippen LogP contribution in [0.2, 0.25) is 0 Å². The van der Waals surface area contributed by atoms with E-state index in [-0.39, 0.29) is 18.6 Å². The molecule has 1 aromatic rings. The Morgan fingerprint density at radius 1 is 1.35 bits per heavy atom. The molecule has 1 aromatic carbocycles. The van der Waals surface area contributed by atoms with E-state index in [0.29, 0.717) is 5.56 Å². The van der Waals surface area contributed by atoms with E-state index in [1.807, 2.05) is 0 Å². The first-order valence-corrected chi connectivity index (χ1v) is 6.01. The lowest BCUT2D eigenvalue weighted by Gasteiger charge is -2.23. The number of likely N-dealkylation sites (tertiary alicyclic amines) is 1. The van der Waals surface area contributed by atoms with Crippen molar-refractivity contribution >= 4 is 17.7 Å². The molecule has 0 radical (unpaired) electrons. The number of aromatic hydroxyl groups is 1. The average Bonchev–Trinajstić information content (AvgIpc) is 2.63. The standard InChI is InChI=1S/C13H14N2O5/c14-12(19)9(5-7-1-3-8(16)4-2-7)15-11(18)6-10(17)13(15)20/h1-4,9-10,16-17H,5-6H2,(H2,14,19)/t9-,10?/m0/s1. The van der Waals surface area contributed by atoms with Gasteiger partial charge in [0.1, 0.15) is 17.9 Å². The largest absolute Gasteiger partial charge is 0.508 e. The van der Waals surface area contributed by atoms with E-state index in [0.717, 1.165) is 4.90 Å². The average molecular weight is 278 g/mol. The van der Waals surface area contributed by atoms with Crippen molar-refractivity contribution in [1.29, 1.82) is 0 Å². The number of benzene rings is 1. The third-order valence-corrected chi connectivity index (χ3v) is 3.16. The molecule has 106 valence electrons. The van der Waals surface area contributed by atoms with Gasteiger partial charge >= 0.3 is 0 Å². The van der Waals surface area contributed by atoms with Crippen molar-refractivity contribution in [2.45, 2.75) is 25.0 Å². The summed E-state index contributed by atoms with van der Waals surface area (Å²) in [6, 6.07) is 4.84. The zero-order valence-electron chi connectivity index (χ0n) is 10.5. The van der Waals surface area contributed by atoms with E-state index in [1.165, 1.54) is 12.1 Å². The van der Waals surface area contributed by atoms with Crippen LogP contribution < -0.4 is 5.73 Å². The van der Waals surface area contributed by atoms with Crippen molar-refractivity contribution in [1.82, 2.24) is 4.90 Å². The molecule has 0 aliphatic carbocycles. The number of nitrogens with zero attached hydrogens (tertiary/aromatic N) is 1. The molecule has 0 spiro atoms. The maximum absolute atomic E-state index is 11.7. The van der Waals surface area contributed by atoms with Gasteiger partial charge in [-0.2, -0.15) is 0 Å². The second-order valence-corrected chi connectivity index (χ2v) is 4.61. The van der Waals surface area contributed by atoms with Gasteiger partial charge in [-0.3, -0.25) is 19.3 Å². The minimum atomic E-state index is -1.41. The topological polar surface area (TPSA) is 121 Å². The highest BCUT2D eigenvalue weighted by atomic mass is 16.3. The van der Waals surface area contributed by atoms with Crippen molar-refractivity contribution in [3.63, 3.8) is 0 Å². The molecule has 1 fully saturated rings. The van der Waals surface area contributed by atoms with E-state index < -0.39 is 29.9 Å². The van der Waals surface area contributed by atoms with Crippen molar-refractivity contribution in [2.75, 3.05) is 0 Å². The minimum Gasteiger partial charge on any atom is -0.508 e. The molecule has 0 bridgehead atoms. The highest BCUT2D eigenvalue weighted by Gasteiger charge is 2.43. The van der Waals surface area contributed by atoms with Gasteiger partial charge in [0.2, 0.25) is 11.8 Å². The smallest absolute Gasteiger partial charge is 0.259 e. The number of primary amides is 1. The van der Waals surface area contributed by atoms with Gasteiger partial charge in [0.05, 0.1) is 6.42 Å². The van der Waals surface area contributed by atoms with Gasteiger partial charge in [0.25, 0.3) is 5.91 Å². The van der Waals surface area contributed by atoms with Gasteiger partial charge in [-0.1, -0.05) is 12.1 Å². The predicted octanol–water partition coefficient (Wildman–Crippen LogP) is -1.09. The Morgan fingerprint density at radius 2 is 1.95 bits per heavy atom. The van der Waals surface area contributed by atoms with Crippen LogP contribution in [0.3, 0.4) is 0 Å². The fourth-order valence-electron chi connectivity index (χ4n) is 2.14. The van der Waals surface area contributed by atoms with Crippen LogP contribution in [0, 0.1) is 0 Å². The van der Waals surface area contributed by atoms with Gasteiger partial charge in [0, 0.05) is 6.42 Å². The number of carbonyl (C=O) groups excluding carboxylic acids is 3. The molecule has 7 nitrogen and oxygen atoms in total. The van der Waals surface area contributed by atoms with Crippen LogP contribution in [0.25, 0.3) is 0 Å². The summed E-state index contributed by atoms with van der Waals surface area (Å²) in [5.74, 6) is -2.19. The number of phenols is 1. The number of imide groups is 1. The summed E-state index contributed by atoms with van der Waals surface area (Å²) in [4.78, 5) is 35.6. The second-order valence-electron chi connectivity index (χ2n) is 4.61. The Hall–Kier alpha value is -2.41. The monoisotopic (exact) mass is 278 g/mol. The van der Waals surface area contributed by atoms with E-state index >= 15 is 0 Å². The van der Waals surface area contributed by atoms with Gasteiger partial charge in [-0.25, -0.2) is 0 Å². The second kappa shape index (κ2) is 5.30. The molecule has 0 aromatic heterocycles. The third-order valence-electron chi connectivity index (χ3n) is 3.16. The molecule has 1 heterocycles. The first-order valence-electron chi connectivity index (χ1n) is 6.01. The highest BCUT2D eigenvalue weighted by molar-refractivity contribution is 6.07. The van der Waals surface area contributed by atoms with Crippen LogP contribution in [0.5, 0.6) is 5.75 Å². The fourth-order valence-corrected chi connectivity index (χ4v) is 2.14. The van der Waals surface area contributed by atoms with E-state index in [2.05, 4.69) is 0 Å². The van der Waals surface area contributed by atoms with E-state index in [1.54, 1.807) is 12.1 Å². The summed E-state index contributed by atoms with van der Waals surface area (Å²) in [7, 11) is 0. The molecule has 4 N–H and O–H groups in total. The molecule has 3 amide bonds. The van der Waals surface area contributed by atoms with Gasteiger partial charge in [-0.05, 0) is 17.7 Å². The molecular formula is C13H14N2O5. The summed E-state index contributed by atoms with van der Waals surface area (Å²) in [6.45, 7) is 0. The Kier molecular flexibility index (Phi) is 3.71. The van der Waals surface area contributed by atoms with Gasteiger partial charge < -0.3 is 15.9 Å². The molecule has 2 atom stereocenters. The Labute approximate surface area is 114 Å². The quantitative estimate of drug-likeness (QED) is 0.604. The Bertz CT molecular complexity index is 554. The number of rotatable bonds is 4. The third kappa shape index (κ3) is 2.62. The summed E-state index contributed by atoms with van der Waals surface area (Å²) in [6.07, 6.45) is -1.71. The lowest BCUT2D eigenvalue weighted by atomic mass is 10.0. The summed E-state index contributed by atoms with van der Waals surface area (Å²) >= 11 is 0. The van der Waals surface area contributed by atoms with E-state index in [4.69, 9.17) is 5.73 Å². The van der Waals surface area contributed by atoms with Crippen LogP contribution in [0.1, 0.15) is 12.0 Å². The number of carbonyl (C=O) groups is 3. The first-order chi connectivity index (χ1) is 9.40. The van der Waals surface area contributed by atoms with Crippen LogP contribution >= 0.6 is 0 Å². The van der Waals surface area contributed by atoms with Gasteiger partial charge in [0.15, 0.2) is 0 Å². The zero-order valence-corrected chi connectivity index (χ0v) is 10.5. The number of hydrogen-bond donors (Lipinski definition) is 3. The molecule has 7 heteroatoms. The van der Waals surface area contributed by atoms with Crippen LogP contribution in [-0.2, 0) is 20.8 Å². The Morgan fingerprint density at radius 3 is 2.40 bits per heavy atom. The summed E-state index contributed by atoms with van der Waals surface area (Å²) < 4.78 is 0. The number of phenolic OH excluding ortho intramolecular Hbond substituents is 1.